The molecular formula is C43H27N3O. The van der Waals surface area contributed by atoms with Crippen molar-refractivity contribution < 1.29 is 0 Å². The van der Waals surface area contributed by atoms with Gasteiger partial charge in [0.15, 0.2) is 0 Å². The molecule has 0 aliphatic heterocycles. The maximum Gasteiger partial charge on any atom is 0.263 e. The van der Waals surface area contributed by atoms with Gasteiger partial charge in [0, 0.05) is 49.4 Å². The van der Waals surface area contributed by atoms with Gasteiger partial charge < -0.3 is 9.13 Å². The normalized spacial score (nSPS) is 11.9. The van der Waals surface area contributed by atoms with Crippen LogP contribution in [0, 0.1) is 0 Å². The van der Waals surface area contributed by atoms with Gasteiger partial charge in [-0.2, -0.15) is 0 Å². The summed E-state index contributed by atoms with van der Waals surface area (Å²) in [5, 5.41) is 7.12. The Morgan fingerprint density at radius 2 is 0.638 bits per heavy atom. The van der Waals surface area contributed by atoms with Crippen LogP contribution in [-0.4, -0.2) is 13.7 Å². The minimum Gasteiger partial charge on any atom is -0.309 e. The Kier molecular flexibility index (Phi) is 5.40. The molecule has 4 nitrogen and oxygen atoms in total. The van der Waals surface area contributed by atoms with Crippen LogP contribution in [0.5, 0.6) is 0 Å². The molecule has 10 rings (SSSR count). The van der Waals surface area contributed by atoms with Gasteiger partial charge in [0.05, 0.1) is 27.6 Å². The SMILES string of the molecule is O=c1c2cc3c4ccccc4n(-c4ccccc4)c3cc2c2cc3c(cc2n1-c1ccccc1)c1ccccc1n3-c1ccccc1. The fourth-order valence-electron chi connectivity index (χ4n) is 7.59. The summed E-state index contributed by atoms with van der Waals surface area (Å²) in [5.74, 6) is 0. The fourth-order valence-corrected chi connectivity index (χ4v) is 7.59. The highest BCUT2D eigenvalue weighted by Gasteiger charge is 2.21. The number of nitrogens with zero attached hydrogens (tertiary/aromatic N) is 3. The van der Waals surface area contributed by atoms with Gasteiger partial charge in [0.2, 0.25) is 0 Å². The average molecular weight is 602 g/mol. The zero-order valence-electron chi connectivity index (χ0n) is 25.3. The van der Waals surface area contributed by atoms with Gasteiger partial charge in [-0.3, -0.25) is 9.36 Å². The number of pyridine rings is 1. The van der Waals surface area contributed by atoms with E-state index in [0.29, 0.717) is 5.39 Å². The number of rotatable bonds is 3. The van der Waals surface area contributed by atoms with Crippen LogP contribution in [-0.2, 0) is 0 Å². The van der Waals surface area contributed by atoms with Gasteiger partial charge in [-0.15, -0.1) is 0 Å². The van der Waals surface area contributed by atoms with Crippen molar-refractivity contribution in [3.05, 3.63) is 174 Å². The van der Waals surface area contributed by atoms with Crippen LogP contribution in [0.25, 0.3) is 82.3 Å². The Morgan fingerprint density at radius 1 is 0.277 bits per heavy atom. The highest BCUT2D eigenvalue weighted by Crippen LogP contribution is 2.40. The lowest BCUT2D eigenvalue weighted by Gasteiger charge is -2.15. The highest BCUT2D eigenvalue weighted by atomic mass is 16.1. The molecule has 3 aromatic heterocycles. The Labute approximate surface area is 269 Å². The fraction of sp³-hybridized carbons (Fsp3) is 0. The first-order valence-corrected chi connectivity index (χ1v) is 15.9. The highest BCUT2D eigenvalue weighted by molar-refractivity contribution is 6.21. The molecule has 0 aliphatic carbocycles. The Morgan fingerprint density at radius 3 is 1.15 bits per heavy atom. The molecular weight excluding hydrogens is 574 g/mol. The van der Waals surface area contributed by atoms with Gasteiger partial charge in [-0.05, 0) is 78.2 Å². The summed E-state index contributed by atoms with van der Waals surface area (Å²) in [4.78, 5) is 14.8. The molecule has 47 heavy (non-hydrogen) atoms. The Bertz CT molecular complexity index is 2900. The van der Waals surface area contributed by atoms with Crippen LogP contribution in [0.3, 0.4) is 0 Å². The van der Waals surface area contributed by atoms with Crippen molar-refractivity contribution >= 4 is 65.3 Å². The molecule has 0 N–H and O–H groups in total. The molecule has 3 heterocycles. The predicted octanol–water partition coefficient (Wildman–Crippen LogP) is 10.3. The topological polar surface area (TPSA) is 31.9 Å². The van der Waals surface area contributed by atoms with Gasteiger partial charge in [-0.1, -0.05) is 91.0 Å². The van der Waals surface area contributed by atoms with Crippen molar-refractivity contribution in [2.45, 2.75) is 0 Å². The summed E-state index contributed by atoms with van der Waals surface area (Å²) in [7, 11) is 0. The third-order valence-electron chi connectivity index (χ3n) is 9.61. The molecule has 0 atom stereocenters. The summed E-state index contributed by atoms with van der Waals surface area (Å²) >= 11 is 0. The molecule has 4 heteroatoms. The molecule has 0 bridgehead atoms. The van der Waals surface area contributed by atoms with Crippen molar-refractivity contribution in [3.8, 4) is 17.1 Å². The van der Waals surface area contributed by atoms with Gasteiger partial charge in [-0.25, -0.2) is 0 Å². The monoisotopic (exact) mass is 601 g/mol. The molecule has 10 aromatic rings. The minimum atomic E-state index is -0.0247. The lowest BCUT2D eigenvalue weighted by atomic mass is 10.0. The summed E-state index contributed by atoms with van der Waals surface area (Å²) in [5.41, 5.74) is 8.33. The largest absolute Gasteiger partial charge is 0.309 e. The second-order valence-corrected chi connectivity index (χ2v) is 12.2. The lowest BCUT2D eigenvalue weighted by Crippen LogP contribution is -2.19. The zero-order valence-corrected chi connectivity index (χ0v) is 25.3. The van der Waals surface area contributed by atoms with Gasteiger partial charge in [0.25, 0.3) is 5.56 Å². The first kappa shape index (κ1) is 25.9. The molecule has 7 aromatic carbocycles. The molecule has 0 unspecified atom stereocenters. The maximum atomic E-state index is 14.8. The number of hydrogen-bond acceptors (Lipinski definition) is 1. The predicted molar refractivity (Wildman–Crippen MR) is 196 cm³/mol. The molecule has 220 valence electrons. The molecule has 0 saturated heterocycles. The molecule has 0 amide bonds. The van der Waals surface area contributed by atoms with E-state index in [9.17, 15) is 4.79 Å². The quantitative estimate of drug-likeness (QED) is 0.185. The lowest BCUT2D eigenvalue weighted by molar-refractivity contribution is 1.06. The second-order valence-electron chi connectivity index (χ2n) is 12.2. The average Bonchev–Trinajstić information content (AvgIpc) is 3.63. The van der Waals surface area contributed by atoms with E-state index in [2.05, 4.69) is 137 Å². The van der Waals surface area contributed by atoms with E-state index < -0.39 is 0 Å². The summed E-state index contributed by atoms with van der Waals surface area (Å²) in [6.07, 6.45) is 0. The smallest absolute Gasteiger partial charge is 0.263 e. The maximum absolute atomic E-state index is 14.8. The van der Waals surface area contributed by atoms with E-state index in [1.807, 2.05) is 41.0 Å². The van der Waals surface area contributed by atoms with Crippen LogP contribution >= 0.6 is 0 Å². The van der Waals surface area contributed by atoms with Crippen LogP contribution in [0.15, 0.2) is 169 Å². The first-order valence-electron chi connectivity index (χ1n) is 15.9. The van der Waals surface area contributed by atoms with Crippen LogP contribution in [0.4, 0.5) is 0 Å². The number of fused-ring (bicyclic) bond motifs is 9. The number of para-hydroxylation sites is 5. The van der Waals surface area contributed by atoms with Crippen molar-refractivity contribution in [2.75, 3.05) is 0 Å². The molecule has 0 spiro atoms. The van der Waals surface area contributed by atoms with Gasteiger partial charge >= 0.3 is 0 Å². The van der Waals surface area contributed by atoms with Crippen molar-refractivity contribution in [1.29, 1.82) is 0 Å². The second kappa shape index (κ2) is 9.80. The minimum absolute atomic E-state index is 0.0247. The van der Waals surface area contributed by atoms with Crippen LogP contribution < -0.4 is 5.56 Å². The third kappa shape index (κ3) is 3.67. The van der Waals surface area contributed by atoms with E-state index >= 15 is 0 Å². The standard InChI is InChI=1S/C43H27N3O/c47-43-37-24-34-31-20-10-12-22-38(31)44(28-14-4-1-5-15-28)40(34)25-33(37)36-27-41-35(26-42(36)46(43)30-18-8-3-9-19-30)32-21-11-13-23-39(32)45(41)29-16-6-2-7-17-29/h1-27H. The van der Waals surface area contributed by atoms with Crippen LogP contribution in [0.2, 0.25) is 0 Å². The van der Waals surface area contributed by atoms with E-state index in [4.69, 9.17) is 0 Å². The molecule has 0 fully saturated rings. The van der Waals surface area contributed by atoms with Gasteiger partial charge in [0.1, 0.15) is 0 Å². The van der Waals surface area contributed by atoms with Crippen LogP contribution in [0.1, 0.15) is 0 Å². The van der Waals surface area contributed by atoms with E-state index in [0.717, 1.165) is 77.0 Å². The Balaban J connectivity index is 1.45. The molecule has 0 saturated carbocycles. The van der Waals surface area contributed by atoms with Crippen molar-refractivity contribution in [1.82, 2.24) is 13.7 Å². The van der Waals surface area contributed by atoms with Crippen molar-refractivity contribution in [2.24, 2.45) is 0 Å². The molecule has 0 radical (unpaired) electrons. The molecule has 0 aliphatic rings. The van der Waals surface area contributed by atoms with Crippen molar-refractivity contribution in [3.63, 3.8) is 0 Å². The van der Waals surface area contributed by atoms with E-state index in [-0.39, 0.29) is 5.56 Å². The Hall–Kier alpha value is -6.39. The van der Waals surface area contributed by atoms with E-state index in [1.54, 1.807) is 0 Å². The number of aromatic nitrogens is 3. The summed E-state index contributed by atoms with van der Waals surface area (Å²) in [6.45, 7) is 0. The first-order chi connectivity index (χ1) is 23.3. The summed E-state index contributed by atoms with van der Waals surface area (Å²) < 4.78 is 6.56. The van der Waals surface area contributed by atoms with E-state index in [1.165, 1.54) is 0 Å². The zero-order chi connectivity index (χ0) is 31.1. The number of benzene rings is 7. The number of hydrogen-bond donors (Lipinski definition) is 0. The third-order valence-corrected chi connectivity index (χ3v) is 9.61. The summed E-state index contributed by atoms with van der Waals surface area (Å²) in [6, 6.07) is 56.9.